The molecule has 2 rings (SSSR count). The molecule has 0 aromatic heterocycles. The SMILES string of the molecule is CN1CC[C@@H](C(=O)[O-])[C@H](c2cccc(F)c2)C1.O.O.O.O.[K+]. The fourth-order valence-corrected chi connectivity index (χ4v) is 2.47. The molecule has 1 aliphatic heterocycles. The molecule has 9 heteroatoms. The maximum Gasteiger partial charge on any atom is 1.00 e. The Morgan fingerprint density at radius 1 is 1.27 bits per heavy atom. The van der Waals surface area contributed by atoms with E-state index in [1.165, 1.54) is 12.1 Å². The molecule has 0 saturated carbocycles. The quantitative estimate of drug-likeness (QED) is 0.486. The van der Waals surface area contributed by atoms with Crippen LogP contribution in [0.3, 0.4) is 0 Å². The molecule has 0 amide bonds. The largest absolute Gasteiger partial charge is 1.00 e. The van der Waals surface area contributed by atoms with Crippen molar-refractivity contribution in [1.82, 2.24) is 4.90 Å². The molecule has 124 valence electrons. The Hall–Kier alpha value is 0.0564. The number of rotatable bonds is 2. The number of carbonyl (C=O) groups is 1. The third-order valence-corrected chi connectivity index (χ3v) is 3.40. The van der Waals surface area contributed by atoms with Gasteiger partial charge in [0.05, 0.1) is 0 Å². The van der Waals surface area contributed by atoms with Gasteiger partial charge in [0.25, 0.3) is 0 Å². The Kier molecular flexibility index (Phi) is 18.4. The molecule has 22 heavy (non-hydrogen) atoms. The van der Waals surface area contributed by atoms with Gasteiger partial charge < -0.3 is 36.7 Å². The Labute approximate surface area is 171 Å². The summed E-state index contributed by atoms with van der Waals surface area (Å²) in [6.07, 6.45) is 0.556. The minimum atomic E-state index is -1.03. The van der Waals surface area contributed by atoms with Crippen LogP contribution in [0.15, 0.2) is 24.3 Å². The minimum absolute atomic E-state index is 0. The molecule has 1 aromatic carbocycles. The number of piperidine rings is 1. The predicted octanol–water partition coefficient (Wildman–Crippen LogP) is -5.68. The molecule has 2 atom stereocenters. The van der Waals surface area contributed by atoms with Crippen molar-refractivity contribution in [2.45, 2.75) is 12.3 Å². The van der Waals surface area contributed by atoms with Crippen molar-refractivity contribution >= 4 is 5.97 Å². The van der Waals surface area contributed by atoms with Gasteiger partial charge in [-0.15, -0.1) is 0 Å². The van der Waals surface area contributed by atoms with Gasteiger partial charge in [-0.25, -0.2) is 4.39 Å². The number of carboxylic acid groups (broad SMARTS) is 1. The monoisotopic (exact) mass is 347 g/mol. The molecule has 8 N–H and O–H groups in total. The molecular weight excluding hydrogens is 324 g/mol. The van der Waals surface area contributed by atoms with Gasteiger partial charge in [0.15, 0.2) is 0 Å². The minimum Gasteiger partial charge on any atom is -0.550 e. The van der Waals surface area contributed by atoms with Gasteiger partial charge >= 0.3 is 51.4 Å². The average Bonchev–Trinajstić information content (AvgIpc) is 2.28. The molecule has 1 heterocycles. The van der Waals surface area contributed by atoms with Crippen LogP contribution in [-0.4, -0.2) is 52.9 Å². The van der Waals surface area contributed by atoms with Crippen LogP contribution in [-0.2, 0) is 4.79 Å². The van der Waals surface area contributed by atoms with Gasteiger partial charge in [0, 0.05) is 24.3 Å². The van der Waals surface area contributed by atoms with Crippen LogP contribution >= 0.6 is 0 Å². The van der Waals surface area contributed by atoms with E-state index < -0.39 is 11.9 Å². The van der Waals surface area contributed by atoms with Crippen LogP contribution in [0.25, 0.3) is 0 Å². The molecule has 1 aliphatic rings. The van der Waals surface area contributed by atoms with Gasteiger partial charge in [0.1, 0.15) is 5.82 Å². The van der Waals surface area contributed by atoms with E-state index in [-0.39, 0.29) is 85.0 Å². The maximum atomic E-state index is 13.2. The maximum absolute atomic E-state index is 13.2. The molecule has 1 aromatic rings. The summed E-state index contributed by atoms with van der Waals surface area (Å²) in [6, 6.07) is 6.18. The second-order valence-corrected chi connectivity index (χ2v) is 4.64. The fraction of sp³-hybridized carbons (Fsp3) is 0.462. The summed E-state index contributed by atoms with van der Waals surface area (Å²) in [5, 5.41) is 11.1. The first-order valence-electron chi connectivity index (χ1n) is 5.73. The Morgan fingerprint density at radius 2 is 1.86 bits per heavy atom. The summed E-state index contributed by atoms with van der Waals surface area (Å²) >= 11 is 0. The van der Waals surface area contributed by atoms with Gasteiger partial charge in [-0.05, 0) is 37.7 Å². The third-order valence-electron chi connectivity index (χ3n) is 3.40. The Balaban J connectivity index is -0.000000324. The molecule has 0 bridgehead atoms. The first kappa shape index (κ1) is 30.0. The zero-order valence-electron chi connectivity index (χ0n) is 12.7. The zero-order valence-corrected chi connectivity index (χ0v) is 15.9. The van der Waals surface area contributed by atoms with Crippen LogP contribution in [0.5, 0.6) is 0 Å². The molecular formula is C13H23FKNO6. The first-order chi connectivity index (χ1) is 8.08. The molecule has 7 nitrogen and oxygen atoms in total. The third kappa shape index (κ3) is 7.55. The molecule has 0 unspecified atom stereocenters. The average molecular weight is 347 g/mol. The molecule has 0 spiro atoms. The van der Waals surface area contributed by atoms with Gasteiger partial charge in [-0.2, -0.15) is 0 Å². The van der Waals surface area contributed by atoms with E-state index in [0.717, 1.165) is 12.1 Å². The van der Waals surface area contributed by atoms with E-state index in [4.69, 9.17) is 0 Å². The second kappa shape index (κ2) is 13.5. The smallest absolute Gasteiger partial charge is 0.550 e. The summed E-state index contributed by atoms with van der Waals surface area (Å²) in [6.45, 7) is 1.37. The number of aliphatic carboxylic acids is 1. The predicted molar refractivity (Wildman–Crippen MR) is 74.2 cm³/mol. The van der Waals surface area contributed by atoms with Crippen molar-refractivity contribution in [2.75, 3.05) is 20.1 Å². The van der Waals surface area contributed by atoms with Crippen LogP contribution in [0, 0.1) is 11.7 Å². The standard InChI is InChI=1S/C13H16FNO2.K.4H2O/c1-15-6-5-11(13(16)17)12(8-15)9-3-2-4-10(14)7-9;;;;;/h2-4,7,11-12H,5-6,8H2,1H3,(H,16,17);;4*1H2/q;+1;;;;/p-1/t11-,12+;;;;;/m1...../s1. The molecule has 1 fully saturated rings. The number of nitrogens with zero attached hydrogens (tertiary/aromatic N) is 1. The summed E-state index contributed by atoms with van der Waals surface area (Å²) in [5.74, 6) is -2.07. The number of benzene rings is 1. The van der Waals surface area contributed by atoms with Crippen molar-refractivity contribution in [1.29, 1.82) is 0 Å². The van der Waals surface area contributed by atoms with E-state index in [2.05, 4.69) is 4.90 Å². The number of carboxylic acids is 1. The summed E-state index contributed by atoms with van der Waals surface area (Å²) in [4.78, 5) is 13.2. The number of halogens is 1. The number of likely N-dealkylation sites (tertiary alicyclic amines) is 1. The van der Waals surface area contributed by atoms with Gasteiger partial charge in [0.2, 0.25) is 0 Å². The van der Waals surface area contributed by atoms with Crippen LogP contribution in [0.2, 0.25) is 0 Å². The topological polar surface area (TPSA) is 169 Å². The fourth-order valence-electron chi connectivity index (χ4n) is 2.47. The number of carbonyl (C=O) groups excluding carboxylic acids is 1. The van der Waals surface area contributed by atoms with Crippen molar-refractivity contribution < 1.29 is 87.6 Å². The zero-order chi connectivity index (χ0) is 12.4. The molecule has 0 aliphatic carbocycles. The van der Waals surface area contributed by atoms with Crippen LogP contribution < -0.4 is 56.5 Å². The van der Waals surface area contributed by atoms with E-state index in [1.54, 1.807) is 12.1 Å². The van der Waals surface area contributed by atoms with E-state index in [0.29, 0.717) is 13.0 Å². The van der Waals surface area contributed by atoms with Crippen LogP contribution in [0.4, 0.5) is 4.39 Å². The van der Waals surface area contributed by atoms with Crippen molar-refractivity contribution in [3.05, 3.63) is 35.6 Å². The first-order valence-corrected chi connectivity index (χ1v) is 5.73. The number of likely N-dealkylation sites (N-methyl/N-ethyl adjacent to an activating group) is 1. The molecule has 0 radical (unpaired) electrons. The summed E-state index contributed by atoms with van der Waals surface area (Å²) < 4.78 is 13.2. The molecule has 1 saturated heterocycles. The Morgan fingerprint density at radius 3 is 2.36 bits per heavy atom. The van der Waals surface area contributed by atoms with E-state index >= 15 is 0 Å². The van der Waals surface area contributed by atoms with Crippen molar-refractivity contribution in [3.63, 3.8) is 0 Å². The van der Waals surface area contributed by atoms with E-state index in [9.17, 15) is 14.3 Å². The number of hydrogen-bond donors (Lipinski definition) is 0. The Bertz CT molecular complexity index is 437. The van der Waals surface area contributed by atoms with Gasteiger partial charge in [-0.3, -0.25) is 0 Å². The van der Waals surface area contributed by atoms with Gasteiger partial charge in [-0.1, -0.05) is 12.1 Å². The summed E-state index contributed by atoms with van der Waals surface area (Å²) in [5.41, 5.74) is 0.741. The number of hydrogen-bond acceptors (Lipinski definition) is 3. The van der Waals surface area contributed by atoms with Crippen molar-refractivity contribution in [3.8, 4) is 0 Å². The normalized spacial score (nSPS) is 19.9. The van der Waals surface area contributed by atoms with E-state index in [1.807, 2.05) is 7.05 Å². The van der Waals surface area contributed by atoms with Crippen LogP contribution in [0.1, 0.15) is 17.9 Å². The second-order valence-electron chi connectivity index (χ2n) is 4.64. The van der Waals surface area contributed by atoms with Crippen molar-refractivity contribution in [2.24, 2.45) is 5.92 Å². The summed E-state index contributed by atoms with van der Waals surface area (Å²) in [7, 11) is 1.94.